The molecule has 0 radical (unpaired) electrons. The number of hydrogen-bond acceptors (Lipinski definition) is 2. The van der Waals surface area contributed by atoms with Gasteiger partial charge in [-0.25, -0.2) is 0 Å². The second-order valence-corrected chi connectivity index (χ2v) is 4.65. The van der Waals surface area contributed by atoms with Crippen LogP contribution in [-0.2, 0) is 0 Å². The van der Waals surface area contributed by atoms with Crippen LogP contribution in [0.3, 0.4) is 0 Å². The quantitative estimate of drug-likeness (QED) is 0.688. The molecule has 0 amide bonds. The molecule has 2 rings (SSSR count). The van der Waals surface area contributed by atoms with Gasteiger partial charge in [0.05, 0.1) is 0 Å². The van der Waals surface area contributed by atoms with Crippen LogP contribution in [0, 0.1) is 0 Å². The standard InChI is InChI=1S/C11H15NS/c1-9-7-8-11(13-12-9)10-5-3-2-4-6-10/h2-6,9,11-12H,7-8H2,1H3/t9-,11+/m0/s1. The third-order valence-electron chi connectivity index (χ3n) is 2.44. The van der Waals surface area contributed by atoms with E-state index in [1.165, 1.54) is 18.4 Å². The average Bonchev–Trinajstić information content (AvgIpc) is 2.20. The number of benzene rings is 1. The van der Waals surface area contributed by atoms with E-state index in [2.05, 4.69) is 42.0 Å². The fraction of sp³-hybridized carbons (Fsp3) is 0.455. The van der Waals surface area contributed by atoms with Crippen molar-refractivity contribution in [1.29, 1.82) is 0 Å². The van der Waals surface area contributed by atoms with E-state index in [4.69, 9.17) is 0 Å². The van der Waals surface area contributed by atoms with Crippen LogP contribution in [-0.4, -0.2) is 6.04 Å². The smallest absolute Gasteiger partial charge is 0.0443 e. The molecular formula is C11H15NS. The lowest BCUT2D eigenvalue weighted by Crippen LogP contribution is -2.25. The van der Waals surface area contributed by atoms with Crippen LogP contribution in [0.1, 0.15) is 30.6 Å². The van der Waals surface area contributed by atoms with E-state index in [1.54, 1.807) is 0 Å². The fourth-order valence-electron chi connectivity index (χ4n) is 1.62. The highest BCUT2D eigenvalue weighted by atomic mass is 32.2. The molecule has 70 valence electrons. The van der Waals surface area contributed by atoms with Gasteiger partial charge in [0.25, 0.3) is 0 Å². The molecule has 2 atom stereocenters. The molecule has 1 nitrogen and oxygen atoms in total. The molecule has 0 saturated carbocycles. The fourth-order valence-corrected chi connectivity index (χ4v) is 2.68. The lowest BCUT2D eigenvalue weighted by Gasteiger charge is -2.26. The lowest BCUT2D eigenvalue weighted by molar-refractivity contribution is 0.561. The number of hydrogen-bond donors (Lipinski definition) is 1. The summed E-state index contributed by atoms with van der Waals surface area (Å²) in [5.74, 6) is 0. The molecule has 0 aliphatic carbocycles. The van der Waals surface area contributed by atoms with Gasteiger partial charge in [0.2, 0.25) is 0 Å². The molecule has 1 N–H and O–H groups in total. The largest absolute Gasteiger partial charge is 0.261 e. The zero-order chi connectivity index (χ0) is 9.10. The van der Waals surface area contributed by atoms with Crippen LogP contribution in [0.2, 0.25) is 0 Å². The normalized spacial score (nSPS) is 28.7. The molecule has 1 saturated heterocycles. The molecule has 13 heavy (non-hydrogen) atoms. The van der Waals surface area contributed by atoms with Crippen molar-refractivity contribution in [2.75, 3.05) is 0 Å². The first-order valence-corrected chi connectivity index (χ1v) is 5.70. The van der Waals surface area contributed by atoms with Gasteiger partial charge in [-0.2, -0.15) is 0 Å². The van der Waals surface area contributed by atoms with Crippen molar-refractivity contribution in [3.05, 3.63) is 35.9 Å². The Morgan fingerprint density at radius 2 is 2.00 bits per heavy atom. The molecule has 1 fully saturated rings. The van der Waals surface area contributed by atoms with Gasteiger partial charge in [-0.05, 0) is 25.3 Å². The van der Waals surface area contributed by atoms with Crippen molar-refractivity contribution >= 4 is 11.9 Å². The van der Waals surface area contributed by atoms with E-state index in [0.29, 0.717) is 11.3 Å². The minimum absolute atomic E-state index is 0.650. The summed E-state index contributed by atoms with van der Waals surface area (Å²) in [6.45, 7) is 2.24. The SMILES string of the molecule is C[C@H]1CC[C@H](c2ccccc2)SN1. The summed E-state index contributed by atoms with van der Waals surface area (Å²) in [5.41, 5.74) is 1.45. The Hall–Kier alpha value is -0.470. The zero-order valence-corrected chi connectivity index (χ0v) is 8.68. The third kappa shape index (κ3) is 2.26. The van der Waals surface area contributed by atoms with E-state index in [1.807, 2.05) is 11.9 Å². The van der Waals surface area contributed by atoms with Crippen molar-refractivity contribution in [2.24, 2.45) is 0 Å². The predicted molar refractivity (Wildman–Crippen MR) is 58.6 cm³/mol. The molecule has 0 spiro atoms. The summed E-state index contributed by atoms with van der Waals surface area (Å²) in [6.07, 6.45) is 2.58. The van der Waals surface area contributed by atoms with Crippen molar-refractivity contribution in [2.45, 2.75) is 31.1 Å². The van der Waals surface area contributed by atoms with E-state index in [-0.39, 0.29) is 0 Å². The van der Waals surface area contributed by atoms with Crippen molar-refractivity contribution in [1.82, 2.24) is 4.72 Å². The predicted octanol–water partition coefficient (Wildman–Crippen LogP) is 3.15. The van der Waals surface area contributed by atoms with E-state index in [9.17, 15) is 0 Å². The average molecular weight is 193 g/mol. The Labute approximate surface area is 84.1 Å². The van der Waals surface area contributed by atoms with Gasteiger partial charge in [-0.1, -0.05) is 42.3 Å². The molecule has 2 heteroatoms. The zero-order valence-electron chi connectivity index (χ0n) is 7.86. The first-order chi connectivity index (χ1) is 6.36. The highest BCUT2D eigenvalue weighted by molar-refractivity contribution is 7.97. The van der Waals surface area contributed by atoms with Gasteiger partial charge < -0.3 is 0 Å². The second-order valence-electron chi connectivity index (χ2n) is 3.61. The minimum Gasteiger partial charge on any atom is -0.261 e. The van der Waals surface area contributed by atoms with Crippen molar-refractivity contribution in [3.63, 3.8) is 0 Å². The molecule has 1 heterocycles. The summed E-state index contributed by atoms with van der Waals surface area (Å²) >= 11 is 1.87. The van der Waals surface area contributed by atoms with Crippen molar-refractivity contribution < 1.29 is 0 Å². The van der Waals surface area contributed by atoms with E-state index in [0.717, 1.165) is 0 Å². The van der Waals surface area contributed by atoms with Gasteiger partial charge >= 0.3 is 0 Å². The Bertz CT molecular complexity index is 252. The van der Waals surface area contributed by atoms with Crippen LogP contribution in [0.4, 0.5) is 0 Å². The van der Waals surface area contributed by atoms with Crippen LogP contribution in [0.25, 0.3) is 0 Å². The molecular weight excluding hydrogens is 178 g/mol. The van der Waals surface area contributed by atoms with Crippen LogP contribution in [0.5, 0.6) is 0 Å². The summed E-state index contributed by atoms with van der Waals surface area (Å²) in [4.78, 5) is 0. The highest BCUT2D eigenvalue weighted by Gasteiger charge is 2.19. The van der Waals surface area contributed by atoms with Crippen LogP contribution < -0.4 is 4.72 Å². The Morgan fingerprint density at radius 3 is 2.62 bits per heavy atom. The first kappa shape index (κ1) is 9.10. The van der Waals surface area contributed by atoms with Gasteiger partial charge in [-0.15, -0.1) is 0 Å². The Morgan fingerprint density at radius 1 is 1.23 bits per heavy atom. The molecule has 0 bridgehead atoms. The third-order valence-corrected chi connectivity index (χ3v) is 3.78. The summed E-state index contributed by atoms with van der Waals surface area (Å²) < 4.78 is 3.45. The summed E-state index contributed by atoms with van der Waals surface area (Å²) in [6, 6.07) is 11.4. The Kier molecular flexibility index (Phi) is 2.91. The van der Waals surface area contributed by atoms with Gasteiger partial charge in [0.15, 0.2) is 0 Å². The van der Waals surface area contributed by atoms with Gasteiger partial charge in [0.1, 0.15) is 0 Å². The molecule has 1 aliphatic rings. The molecule has 1 aliphatic heterocycles. The molecule has 1 aromatic rings. The summed E-state index contributed by atoms with van der Waals surface area (Å²) in [5, 5.41) is 0.650. The maximum Gasteiger partial charge on any atom is 0.0443 e. The summed E-state index contributed by atoms with van der Waals surface area (Å²) in [7, 11) is 0. The molecule has 1 aromatic carbocycles. The van der Waals surface area contributed by atoms with E-state index < -0.39 is 0 Å². The van der Waals surface area contributed by atoms with Gasteiger partial charge in [0, 0.05) is 11.3 Å². The monoisotopic (exact) mass is 193 g/mol. The number of nitrogens with one attached hydrogen (secondary N) is 1. The first-order valence-electron chi connectivity index (χ1n) is 4.82. The van der Waals surface area contributed by atoms with Gasteiger partial charge in [-0.3, -0.25) is 4.72 Å². The van der Waals surface area contributed by atoms with Crippen LogP contribution >= 0.6 is 11.9 Å². The van der Waals surface area contributed by atoms with E-state index >= 15 is 0 Å². The highest BCUT2D eigenvalue weighted by Crippen LogP contribution is 2.35. The topological polar surface area (TPSA) is 12.0 Å². The lowest BCUT2D eigenvalue weighted by atomic mass is 10.1. The molecule has 0 aromatic heterocycles. The Balaban J connectivity index is 2.03. The maximum absolute atomic E-state index is 3.45. The maximum atomic E-state index is 3.45. The number of rotatable bonds is 1. The van der Waals surface area contributed by atoms with Crippen molar-refractivity contribution in [3.8, 4) is 0 Å². The minimum atomic E-state index is 0.650. The van der Waals surface area contributed by atoms with Crippen LogP contribution in [0.15, 0.2) is 30.3 Å². The molecule has 0 unspecified atom stereocenters. The second kappa shape index (κ2) is 4.16.